The van der Waals surface area contributed by atoms with Crippen LogP contribution in [0.15, 0.2) is 24.3 Å². The monoisotopic (exact) mass is 149 g/mol. The summed E-state index contributed by atoms with van der Waals surface area (Å²) in [5, 5.41) is 12.8. The van der Waals surface area contributed by atoms with Gasteiger partial charge in [0, 0.05) is 10.1 Å². The van der Waals surface area contributed by atoms with E-state index in [-0.39, 0.29) is 5.75 Å². The molecule has 1 aromatic heterocycles. The second-order valence-corrected chi connectivity index (χ2v) is 2.90. The lowest BCUT2D eigenvalue weighted by Crippen LogP contribution is -1.59. The molecular formula is C8H5OS. The second-order valence-electron chi connectivity index (χ2n) is 2.05. The standard InChI is InChI=1S/C8H5OS/c9-7-5-10-8-4-2-1-3-6(7)8/h1-4,9H. The Kier molecular flexibility index (Phi) is 1.14. The van der Waals surface area contributed by atoms with Crippen molar-refractivity contribution in [2.45, 2.75) is 0 Å². The topological polar surface area (TPSA) is 20.2 Å². The third-order valence-electron chi connectivity index (χ3n) is 1.40. The summed E-state index contributed by atoms with van der Waals surface area (Å²) in [7, 11) is 0. The van der Waals surface area contributed by atoms with E-state index in [2.05, 4.69) is 5.38 Å². The molecule has 1 radical (unpaired) electrons. The van der Waals surface area contributed by atoms with E-state index in [1.165, 1.54) is 11.3 Å². The average molecular weight is 149 g/mol. The molecule has 0 saturated carbocycles. The number of benzene rings is 1. The minimum atomic E-state index is 0.264. The molecule has 0 aliphatic carbocycles. The zero-order valence-corrected chi connectivity index (χ0v) is 5.98. The van der Waals surface area contributed by atoms with E-state index in [0.29, 0.717) is 0 Å². The Morgan fingerprint density at radius 1 is 1.30 bits per heavy atom. The van der Waals surface area contributed by atoms with Crippen LogP contribution in [0.3, 0.4) is 0 Å². The molecular weight excluding hydrogens is 144 g/mol. The van der Waals surface area contributed by atoms with Crippen LogP contribution in [0.1, 0.15) is 0 Å². The molecule has 0 amide bonds. The smallest absolute Gasteiger partial charge is 0.142 e. The van der Waals surface area contributed by atoms with Crippen LogP contribution in [-0.2, 0) is 0 Å². The maximum Gasteiger partial charge on any atom is 0.142 e. The zero-order chi connectivity index (χ0) is 6.97. The third-order valence-corrected chi connectivity index (χ3v) is 2.27. The first-order valence-electron chi connectivity index (χ1n) is 2.96. The lowest BCUT2D eigenvalue weighted by Gasteiger charge is -1.85. The lowest BCUT2D eigenvalue weighted by atomic mass is 10.2. The maximum atomic E-state index is 9.17. The normalized spacial score (nSPS) is 10.4. The van der Waals surface area contributed by atoms with Crippen molar-refractivity contribution in [2.24, 2.45) is 0 Å². The van der Waals surface area contributed by atoms with Crippen molar-refractivity contribution in [2.75, 3.05) is 0 Å². The molecule has 0 unspecified atom stereocenters. The first kappa shape index (κ1) is 5.74. The molecule has 1 nitrogen and oxygen atoms in total. The molecule has 1 heterocycles. The predicted octanol–water partition coefficient (Wildman–Crippen LogP) is 2.41. The highest BCUT2D eigenvalue weighted by Gasteiger charge is 1.98. The molecule has 1 N–H and O–H groups in total. The van der Waals surface area contributed by atoms with E-state index in [0.717, 1.165) is 10.1 Å². The summed E-state index contributed by atoms with van der Waals surface area (Å²) in [6.07, 6.45) is 0. The van der Waals surface area contributed by atoms with Crippen molar-refractivity contribution < 1.29 is 5.11 Å². The van der Waals surface area contributed by atoms with Gasteiger partial charge in [0.1, 0.15) is 5.75 Å². The van der Waals surface area contributed by atoms with Crippen LogP contribution in [0.5, 0.6) is 5.75 Å². The van der Waals surface area contributed by atoms with E-state index in [9.17, 15) is 0 Å². The van der Waals surface area contributed by atoms with E-state index in [1.807, 2.05) is 24.3 Å². The van der Waals surface area contributed by atoms with Crippen molar-refractivity contribution in [1.82, 2.24) is 0 Å². The molecule has 1 aromatic carbocycles. The summed E-state index contributed by atoms with van der Waals surface area (Å²) in [6, 6.07) is 7.71. The van der Waals surface area contributed by atoms with Gasteiger partial charge >= 0.3 is 0 Å². The number of thiophene rings is 1. The Bertz CT molecular complexity index is 351. The Balaban J connectivity index is 2.93. The molecule has 2 rings (SSSR count). The van der Waals surface area contributed by atoms with Gasteiger partial charge in [-0.15, -0.1) is 11.3 Å². The minimum absolute atomic E-state index is 0.264. The van der Waals surface area contributed by atoms with Crippen molar-refractivity contribution in [3.05, 3.63) is 29.6 Å². The highest BCUT2D eigenvalue weighted by molar-refractivity contribution is 7.17. The molecule has 2 aromatic rings. The third kappa shape index (κ3) is 0.693. The van der Waals surface area contributed by atoms with Crippen LogP contribution >= 0.6 is 11.3 Å². The lowest BCUT2D eigenvalue weighted by molar-refractivity contribution is 0.483. The molecule has 10 heavy (non-hydrogen) atoms. The molecule has 0 atom stereocenters. The summed E-state index contributed by atoms with van der Waals surface area (Å²) in [5.41, 5.74) is 0. The number of hydrogen-bond donors (Lipinski definition) is 1. The Hall–Kier alpha value is -1.02. The van der Waals surface area contributed by atoms with Crippen LogP contribution in [-0.4, -0.2) is 5.11 Å². The maximum absolute atomic E-state index is 9.17. The average Bonchev–Trinajstić information content (AvgIpc) is 2.34. The summed E-state index contributed by atoms with van der Waals surface area (Å²) in [4.78, 5) is 0. The molecule has 0 aliphatic heterocycles. The Morgan fingerprint density at radius 2 is 2.10 bits per heavy atom. The summed E-state index contributed by atoms with van der Waals surface area (Å²) < 4.78 is 1.08. The first-order chi connectivity index (χ1) is 4.88. The van der Waals surface area contributed by atoms with Crippen LogP contribution in [0.4, 0.5) is 0 Å². The van der Waals surface area contributed by atoms with Gasteiger partial charge in [-0.2, -0.15) is 0 Å². The van der Waals surface area contributed by atoms with E-state index in [1.54, 1.807) is 0 Å². The molecule has 0 bridgehead atoms. The summed E-state index contributed by atoms with van der Waals surface area (Å²) in [5.74, 6) is 0.264. The van der Waals surface area contributed by atoms with Gasteiger partial charge in [0.25, 0.3) is 0 Å². The fraction of sp³-hybridized carbons (Fsp3) is 0. The zero-order valence-electron chi connectivity index (χ0n) is 5.16. The quantitative estimate of drug-likeness (QED) is 0.609. The van der Waals surface area contributed by atoms with Crippen molar-refractivity contribution in [3.8, 4) is 5.75 Å². The molecule has 0 aliphatic rings. The second kappa shape index (κ2) is 1.99. The van der Waals surface area contributed by atoms with Gasteiger partial charge in [-0.05, 0) is 12.1 Å². The molecule has 0 fully saturated rings. The van der Waals surface area contributed by atoms with Crippen molar-refractivity contribution in [1.29, 1.82) is 0 Å². The molecule has 49 valence electrons. The predicted molar refractivity (Wildman–Crippen MR) is 42.3 cm³/mol. The van der Waals surface area contributed by atoms with Crippen LogP contribution in [0, 0.1) is 5.38 Å². The fourth-order valence-corrected chi connectivity index (χ4v) is 1.65. The van der Waals surface area contributed by atoms with Gasteiger partial charge in [-0.3, -0.25) is 0 Å². The Labute approximate surface area is 62.5 Å². The van der Waals surface area contributed by atoms with Gasteiger partial charge in [0.2, 0.25) is 0 Å². The van der Waals surface area contributed by atoms with Gasteiger partial charge in [0.05, 0.1) is 5.38 Å². The Morgan fingerprint density at radius 3 is 2.90 bits per heavy atom. The van der Waals surface area contributed by atoms with Gasteiger partial charge < -0.3 is 5.11 Å². The van der Waals surface area contributed by atoms with Crippen molar-refractivity contribution in [3.63, 3.8) is 0 Å². The van der Waals surface area contributed by atoms with Crippen LogP contribution < -0.4 is 0 Å². The van der Waals surface area contributed by atoms with E-state index < -0.39 is 0 Å². The number of aromatic hydroxyl groups is 1. The largest absolute Gasteiger partial charge is 0.506 e. The van der Waals surface area contributed by atoms with Crippen LogP contribution in [0.25, 0.3) is 10.1 Å². The highest BCUT2D eigenvalue weighted by atomic mass is 32.1. The minimum Gasteiger partial charge on any atom is -0.506 e. The van der Waals surface area contributed by atoms with Gasteiger partial charge in [0.15, 0.2) is 0 Å². The first-order valence-corrected chi connectivity index (χ1v) is 3.78. The summed E-state index contributed by atoms with van der Waals surface area (Å²) in [6.45, 7) is 0. The van der Waals surface area contributed by atoms with E-state index in [4.69, 9.17) is 5.11 Å². The molecule has 2 heteroatoms. The SMILES string of the molecule is Oc1[c]sc2ccccc12. The molecule has 0 saturated heterocycles. The van der Waals surface area contributed by atoms with Gasteiger partial charge in [-0.1, -0.05) is 12.1 Å². The number of rotatable bonds is 0. The summed E-state index contributed by atoms with van der Waals surface area (Å²) >= 11 is 1.44. The molecule has 0 spiro atoms. The fourth-order valence-electron chi connectivity index (χ4n) is 0.910. The van der Waals surface area contributed by atoms with Crippen LogP contribution in [0.2, 0.25) is 0 Å². The highest BCUT2D eigenvalue weighted by Crippen LogP contribution is 2.29. The number of hydrogen-bond acceptors (Lipinski definition) is 2. The van der Waals surface area contributed by atoms with Gasteiger partial charge in [-0.25, -0.2) is 0 Å². The van der Waals surface area contributed by atoms with E-state index >= 15 is 0 Å². The number of fused-ring (bicyclic) bond motifs is 1. The van der Waals surface area contributed by atoms with Crippen molar-refractivity contribution >= 4 is 21.4 Å².